The van der Waals surface area contributed by atoms with Crippen LogP contribution >= 0.6 is 43.5 Å². The molecule has 0 saturated carbocycles. The van der Waals surface area contributed by atoms with Crippen molar-refractivity contribution in [3.05, 3.63) is 66.6 Å². The Labute approximate surface area is 135 Å². The molecular weight excluding hydrogens is 389 g/mol. The Morgan fingerprint density at radius 2 is 1.74 bits per heavy atom. The minimum absolute atomic E-state index is 0.204. The van der Waals surface area contributed by atoms with Crippen molar-refractivity contribution in [1.29, 1.82) is 0 Å². The van der Waals surface area contributed by atoms with Crippen LogP contribution in [0.3, 0.4) is 0 Å². The highest BCUT2D eigenvalue weighted by Gasteiger charge is 2.16. The quantitative estimate of drug-likeness (QED) is 0.701. The van der Waals surface area contributed by atoms with Crippen molar-refractivity contribution in [2.45, 2.75) is 19.9 Å². The number of hydrogen-bond acceptors (Lipinski definition) is 1. The maximum Gasteiger partial charge on any atom is 0.0566 e. The minimum atomic E-state index is -0.204. The van der Waals surface area contributed by atoms with Crippen molar-refractivity contribution in [1.82, 2.24) is 0 Å². The zero-order valence-corrected chi connectivity index (χ0v) is 14.6. The molecule has 0 radical (unpaired) electrons. The van der Waals surface area contributed by atoms with Crippen molar-refractivity contribution in [3.63, 3.8) is 0 Å². The summed E-state index contributed by atoms with van der Waals surface area (Å²) in [5, 5.41) is 0.746. The highest BCUT2D eigenvalue weighted by atomic mass is 79.9. The molecule has 0 aliphatic carbocycles. The average Bonchev–Trinajstić information content (AvgIpc) is 2.36. The van der Waals surface area contributed by atoms with Crippen LogP contribution in [-0.4, -0.2) is 0 Å². The van der Waals surface area contributed by atoms with E-state index in [9.17, 15) is 0 Å². The molecule has 0 heterocycles. The van der Waals surface area contributed by atoms with Crippen LogP contribution in [0, 0.1) is 13.8 Å². The first-order valence-corrected chi connectivity index (χ1v) is 7.84. The van der Waals surface area contributed by atoms with Gasteiger partial charge in [0, 0.05) is 14.0 Å². The fourth-order valence-electron chi connectivity index (χ4n) is 2.03. The average molecular weight is 404 g/mol. The maximum absolute atomic E-state index is 6.40. The molecule has 0 aliphatic rings. The Morgan fingerprint density at radius 3 is 2.42 bits per heavy atom. The molecule has 100 valence electrons. The number of hydrogen-bond donors (Lipinski definition) is 1. The van der Waals surface area contributed by atoms with Crippen LogP contribution in [0.15, 0.2) is 39.3 Å². The number of aryl methyl sites for hydroxylation is 1. The van der Waals surface area contributed by atoms with Crippen molar-refractivity contribution < 1.29 is 0 Å². The molecule has 0 aliphatic heterocycles. The SMILES string of the molecule is Cc1cc(Br)c(C(N)c2cccc(Cl)c2C)cc1Br. The van der Waals surface area contributed by atoms with Gasteiger partial charge in [-0.2, -0.15) is 0 Å². The number of nitrogens with two attached hydrogens (primary N) is 1. The lowest BCUT2D eigenvalue weighted by Crippen LogP contribution is -2.14. The van der Waals surface area contributed by atoms with Gasteiger partial charge in [-0.25, -0.2) is 0 Å². The van der Waals surface area contributed by atoms with Gasteiger partial charge in [-0.05, 0) is 54.3 Å². The van der Waals surface area contributed by atoms with Crippen LogP contribution < -0.4 is 5.73 Å². The van der Waals surface area contributed by atoms with Crippen LogP contribution in [-0.2, 0) is 0 Å². The van der Waals surface area contributed by atoms with E-state index in [1.165, 1.54) is 5.56 Å². The molecule has 19 heavy (non-hydrogen) atoms. The third-order valence-electron chi connectivity index (χ3n) is 3.26. The van der Waals surface area contributed by atoms with Crippen LogP contribution in [0.4, 0.5) is 0 Å². The highest BCUT2D eigenvalue weighted by molar-refractivity contribution is 9.11. The lowest BCUT2D eigenvalue weighted by Gasteiger charge is -2.18. The summed E-state index contributed by atoms with van der Waals surface area (Å²) in [6.45, 7) is 4.05. The molecule has 2 aromatic rings. The van der Waals surface area contributed by atoms with Gasteiger partial charge in [-0.3, -0.25) is 0 Å². The van der Waals surface area contributed by atoms with Crippen LogP contribution in [0.5, 0.6) is 0 Å². The summed E-state index contributed by atoms with van der Waals surface area (Å²) in [4.78, 5) is 0. The smallest absolute Gasteiger partial charge is 0.0566 e. The fraction of sp³-hybridized carbons (Fsp3) is 0.200. The molecule has 1 atom stereocenters. The van der Waals surface area contributed by atoms with E-state index < -0.39 is 0 Å². The Hall–Kier alpha value is -0.350. The van der Waals surface area contributed by atoms with E-state index in [0.717, 1.165) is 30.7 Å². The normalized spacial score (nSPS) is 12.5. The predicted molar refractivity (Wildman–Crippen MR) is 88.8 cm³/mol. The van der Waals surface area contributed by atoms with Crippen LogP contribution in [0.25, 0.3) is 0 Å². The topological polar surface area (TPSA) is 26.0 Å². The second kappa shape index (κ2) is 5.96. The third-order valence-corrected chi connectivity index (χ3v) is 5.21. The largest absolute Gasteiger partial charge is 0.320 e. The predicted octanol–water partition coefficient (Wildman–Crippen LogP) is 5.53. The summed E-state index contributed by atoms with van der Waals surface area (Å²) in [6.07, 6.45) is 0. The van der Waals surface area contributed by atoms with E-state index in [2.05, 4.69) is 50.9 Å². The molecule has 2 aromatic carbocycles. The lowest BCUT2D eigenvalue weighted by atomic mass is 9.95. The molecule has 2 N–H and O–H groups in total. The lowest BCUT2D eigenvalue weighted by molar-refractivity contribution is 0.854. The van der Waals surface area contributed by atoms with Crippen molar-refractivity contribution in [2.75, 3.05) is 0 Å². The van der Waals surface area contributed by atoms with Gasteiger partial charge in [0.1, 0.15) is 0 Å². The van der Waals surface area contributed by atoms with Gasteiger partial charge in [0.2, 0.25) is 0 Å². The summed E-state index contributed by atoms with van der Waals surface area (Å²) >= 11 is 13.3. The van der Waals surface area contributed by atoms with Crippen LogP contribution in [0.2, 0.25) is 5.02 Å². The zero-order chi connectivity index (χ0) is 14.2. The number of rotatable bonds is 2. The molecule has 4 heteroatoms. The second-order valence-electron chi connectivity index (χ2n) is 4.55. The molecule has 0 fully saturated rings. The van der Waals surface area contributed by atoms with Crippen molar-refractivity contribution in [3.8, 4) is 0 Å². The zero-order valence-electron chi connectivity index (χ0n) is 10.7. The minimum Gasteiger partial charge on any atom is -0.320 e. The summed E-state index contributed by atoms with van der Waals surface area (Å²) in [6, 6.07) is 9.76. The highest BCUT2D eigenvalue weighted by Crippen LogP contribution is 2.34. The van der Waals surface area contributed by atoms with E-state index in [1.54, 1.807) is 0 Å². The molecule has 1 nitrogen and oxygen atoms in total. The summed E-state index contributed by atoms with van der Waals surface area (Å²) in [5.41, 5.74) is 10.7. The Bertz CT molecular complexity index is 626. The van der Waals surface area contributed by atoms with Gasteiger partial charge in [0.25, 0.3) is 0 Å². The fourth-order valence-corrected chi connectivity index (χ4v) is 3.28. The number of benzene rings is 2. The third kappa shape index (κ3) is 3.05. The van der Waals surface area contributed by atoms with Gasteiger partial charge in [-0.15, -0.1) is 0 Å². The van der Waals surface area contributed by atoms with Gasteiger partial charge >= 0.3 is 0 Å². The molecule has 0 bridgehead atoms. The molecule has 0 aromatic heterocycles. The molecule has 2 rings (SSSR count). The first kappa shape index (κ1) is 15.0. The van der Waals surface area contributed by atoms with Gasteiger partial charge < -0.3 is 5.73 Å². The Balaban J connectivity index is 2.53. The van der Waals surface area contributed by atoms with Gasteiger partial charge in [-0.1, -0.05) is 55.6 Å². The van der Waals surface area contributed by atoms with E-state index in [0.29, 0.717) is 0 Å². The summed E-state index contributed by atoms with van der Waals surface area (Å²) < 4.78 is 2.07. The van der Waals surface area contributed by atoms with E-state index in [4.69, 9.17) is 17.3 Å². The maximum atomic E-state index is 6.40. The monoisotopic (exact) mass is 401 g/mol. The summed E-state index contributed by atoms with van der Waals surface area (Å²) in [5.74, 6) is 0. The molecule has 1 unspecified atom stereocenters. The van der Waals surface area contributed by atoms with Crippen LogP contribution in [0.1, 0.15) is 28.3 Å². The standard InChI is InChI=1S/C15H14Br2ClN/c1-8-6-13(17)11(7-12(8)16)15(19)10-4-3-5-14(18)9(10)2/h3-7,15H,19H2,1-2H3. The van der Waals surface area contributed by atoms with Crippen molar-refractivity contribution >= 4 is 43.5 Å². The molecule has 0 spiro atoms. The number of halogens is 3. The van der Waals surface area contributed by atoms with Gasteiger partial charge in [0.05, 0.1) is 6.04 Å². The molecule has 0 amide bonds. The van der Waals surface area contributed by atoms with Crippen molar-refractivity contribution in [2.24, 2.45) is 5.73 Å². The van der Waals surface area contributed by atoms with E-state index in [1.807, 2.05) is 25.1 Å². The van der Waals surface area contributed by atoms with E-state index >= 15 is 0 Å². The Morgan fingerprint density at radius 1 is 1.05 bits per heavy atom. The molecular formula is C15H14Br2ClN. The van der Waals surface area contributed by atoms with E-state index in [-0.39, 0.29) is 6.04 Å². The molecule has 0 saturated heterocycles. The second-order valence-corrected chi connectivity index (χ2v) is 6.67. The first-order valence-electron chi connectivity index (χ1n) is 5.88. The van der Waals surface area contributed by atoms with Gasteiger partial charge in [0.15, 0.2) is 0 Å². The Kier molecular flexibility index (Phi) is 4.72. The first-order chi connectivity index (χ1) is 8.91. The summed E-state index contributed by atoms with van der Waals surface area (Å²) in [7, 11) is 0.